The van der Waals surface area contributed by atoms with Crippen LogP contribution in [0.5, 0.6) is 5.75 Å². The van der Waals surface area contributed by atoms with Crippen LogP contribution in [0.3, 0.4) is 0 Å². The van der Waals surface area contributed by atoms with Gasteiger partial charge in [-0.3, -0.25) is 19.7 Å². The number of carbonyl (C=O) groups excluding carboxylic acids is 2. The zero-order valence-electron chi connectivity index (χ0n) is 13.3. The molecule has 0 bridgehead atoms. The molecule has 1 fully saturated rings. The van der Waals surface area contributed by atoms with Gasteiger partial charge >= 0.3 is 5.69 Å². The van der Waals surface area contributed by atoms with Crippen LogP contribution in [0.4, 0.5) is 16.2 Å². The molecule has 132 valence electrons. The summed E-state index contributed by atoms with van der Waals surface area (Å²) >= 11 is 6.67. The molecule has 0 aromatic heterocycles. The van der Waals surface area contributed by atoms with E-state index in [9.17, 15) is 19.7 Å². The number of nitro benzene ring substituents is 1. The number of hydrogen-bond donors (Lipinski definition) is 0. The number of anilines is 1. The zero-order valence-corrected chi connectivity index (χ0v) is 14.9. The molecular weight excluding hydrogens is 380 g/mol. The first-order valence-electron chi connectivity index (χ1n) is 7.26. The summed E-state index contributed by atoms with van der Waals surface area (Å²) in [4.78, 5) is 36.5. The Labute approximate surface area is 157 Å². The van der Waals surface area contributed by atoms with Crippen LogP contribution in [0.2, 0.25) is 5.02 Å². The second kappa shape index (κ2) is 7.19. The van der Waals surface area contributed by atoms with Gasteiger partial charge in [-0.25, -0.2) is 4.90 Å². The van der Waals surface area contributed by atoms with Crippen molar-refractivity contribution < 1.29 is 19.2 Å². The summed E-state index contributed by atoms with van der Waals surface area (Å²) in [6, 6.07) is 10.7. The molecule has 0 spiro atoms. The van der Waals surface area contributed by atoms with Crippen LogP contribution in [0, 0.1) is 10.1 Å². The van der Waals surface area contributed by atoms with Gasteiger partial charge in [0.15, 0.2) is 5.75 Å². The number of ether oxygens (including phenoxy) is 1. The Hall–Kier alpha value is -2.84. The Bertz CT molecular complexity index is 960. The first-order valence-corrected chi connectivity index (χ1v) is 8.46. The monoisotopic (exact) mass is 390 g/mol. The molecule has 1 aliphatic heterocycles. The van der Waals surface area contributed by atoms with Gasteiger partial charge in [0.05, 0.1) is 22.6 Å². The lowest BCUT2D eigenvalue weighted by Gasteiger charge is -2.12. The molecule has 0 aliphatic carbocycles. The van der Waals surface area contributed by atoms with E-state index in [1.54, 1.807) is 24.3 Å². The van der Waals surface area contributed by atoms with Gasteiger partial charge in [0, 0.05) is 11.1 Å². The lowest BCUT2D eigenvalue weighted by molar-refractivity contribution is -0.385. The SMILES string of the molecule is COc1ccc(/C=C2\SC(=O)N(c3cccc(Cl)c3)C2=O)cc1[N+](=O)[O-]. The molecule has 2 aromatic carbocycles. The number of nitro groups is 1. The van der Waals surface area contributed by atoms with Gasteiger partial charge in [-0.05, 0) is 47.7 Å². The molecule has 0 saturated carbocycles. The van der Waals surface area contributed by atoms with Crippen LogP contribution in [0.25, 0.3) is 6.08 Å². The first kappa shape index (κ1) is 18.0. The van der Waals surface area contributed by atoms with Crippen molar-refractivity contribution in [3.63, 3.8) is 0 Å². The number of benzene rings is 2. The van der Waals surface area contributed by atoms with E-state index < -0.39 is 16.1 Å². The number of amides is 2. The van der Waals surface area contributed by atoms with E-state index in [2.05, 4.69) is 0 Å². The average molecular weight is 391 g/mol. The van der Waals surface area contributed by atoms with Crippen LogP contribution in [-0.4, -0.2) is 23.2 Å². The van der Waals surface area contributed by atoms with Crippen LogP contribution < -0.4 is 9.64 Å². The third-order valence-electron chi connectivity index (χ3n) is 3.56. The molecule has 26 heavy (non-hydrogen) atoms. The largest absolute Gasteiger partial charge is 0.490 e. The lowest BCUT2D eigenvalue weighted by Crippen LogP contribution is -2.27. The number of rotatable bonds is 4. The van der Waals surface area contributed by atoms with Gasteiger partial charge in [-0.2, -0.15) is 0 Å². The Balaban J connectivity index is 1.96. The second-order valence-corrected chi connectivity index (χ2v) is 6.62. The number of halogens is 1. The summed E-state index contributed by atoms with van der Waals surface area (Å²) < 4.78 is 4.95. The van der Waals surface area contributed by atoms with E-state index in [0.717, 1.165) is 16.7 Å². The smallest absolute Gasteiger partial charge is 0.311 e. The third-order valence-corrected chi connectivity index (χ3v) is 4.66. The van der Waals surface area contributed by atoms with Crippen LogP contribution >= 0.6 is 23.4 Å². The maximum atomic E-state index is 12.6. The van der Waals surface area contributed by atoms with E-state index in [1.807, 2.05) is 0 Å². The van der Waals surface area contributed by atoms with Crippen molar-refractivity contribution in [1.82, 2.24) is 0 Å². The quantitative estimate of drug-likeness (QED) is 0.434. The van der Waals surface area contributed by atoms with Crippen LogP contribution in [-0.2, 0) is 4.79 Å². The van der Waals surface area contributed by atoms with Gasteiger partial charge in [-0.1, -0.05) is 23.7 Å². The molecule has 9 heteroatoms. The first-order chi connectivity index (χ1) is 12.4. The van der Waals surface area contributed by atoms with Gasteiger partial charge in [0.1, 0.15) is 0 Å². The number of methoxy groups -OCH3 is 1. The van der Waals surface area contributed by atoms with Crippen molar-refractivity contribution in [2.75, 3.05) is 12.0 Å². The molecule has 0 unspecified atom stereocenters. The molecule has 7 nitrogen and oxygen atoms in total. The predicted molar refractivity (Wildman–Crippen MR) is 99.6 cm³/mol. The number of nitrogens with zero attached hydrogens (tertiary/aromatic N) is 2. The zero-order chi connectivity index (χ0) is 18.8. The molecule has 2 aromatic rings. The highest BCUT2D eigenvalue weighted by Crippen LogP contribution is 2.37. The fourth-order valence-electron chi connectivity index (χ4n) is 2.40. The average Bonchev–Trinajstić information content (AvgIpc) is 2.88. The summed E-state index contributed by atoms with van der Waals surface area (Å²) in [5.41, 5.74) is 0.550. The minimum atomic E-state index is -0.576. The fourth-order valence-corrected chi connectivity index (χ4v) is 3.42. The number of hydrogen-bond acceptors (Lipinski definition) is 6. The third kappa shape index (κ3) is 3.42. The highest BCUT2D eigenvalue weighted by molar-refractivity contribution is 8.19. The van der Waals surface area contributed by atoms with E-state index >= 15 is 0 Å². The minimum Gasteiger partial charge on any atom is -0.490 e. The summed E-state index contributed by atoms with van der Waals surface area (Å²) in [6.45, 7) is 0. The van der Waals surface area contributed by atoms with Gasteiger partial charge in [0.2, 0.25) is 0 Å². The maximum Gasteiger partial charge on any atom is 0.311 e. The van der Waals surface area contributed by atoms with E-state index in [-0.39, 0.29) is 16.3 Å². The topological polar surface area (TPSA) is 89.8 Å². The Morgan fingerprint density at radius 2 is 2.00 bits per heavy atom. The minimum absolute atomic E-state index is 0.110. The van der Waals surface area contributed by atoms with Crippen molar-refractivity contribution in [2.24, 2.45) is 0 Å². The van der Waals surface area contributed by atoms with Crippen molar-refractivity contribution >= 4 is 52.0 Å². The summed E-state index contributed by atoms with van der Waals surface area (Å²) in [5.74, 6) is -0.403. The lowest BCUT2D eigenvalue weighted by atomic mass is 10.1. The van der Waals surface area contributed by atoms with E-state index in [1.165, 1.54) is 31.4 Å². The maximum absolute atomic E-state index is 12.6. The molecule has 0 radical (unpaired) electrons. The highest BCUT2D eigenvalue weighted by Gasteiger charge is 2.36. The standard InChI is InChI=1S/C17H11ClN2O5S/c1-25-14-6-5-10(7-13(14)20(23)24)8-15-16(21)19(17(22)26-15)12-4-2-3-11(18)9-12/h2-9H,1H3/b15-8-. The molecule has 0 atom stereocenters. The van der Waals surface area contributed by atoms with E-state index in [4.69, 9.17) is 16.3 Å². The van der Waals surface area contributed by atoms with Gasteiger partial charge < -0.3 is 4.74 Å². The summed E-state index contributed by atoms with van der Waals surface area (Å²) in [5, 5.41) is 11.0. The van der Waals surface area contributed by atoms with Crippen molar-refractivity contribution in [3.8, 4) is 5.75 Å². The number of imide groups is 1. The van der Waals surface area contributed by atoms with Gasteiger partial charge in [-0.15, -0.1) is 0 Å². The molecule has 1 aliphatic rings. The molecule has 1 heterocycles. The molecule has 1 saturated heterocycles. The Morgan fingerprint density at radius 3 is 2.65 bits per heavy atom. The molecular formula is C17H11ClN2O5S. The van der Waals surface area contributed by atoms with Crippen molar-refractivity contribution in [1.29, 1.82) is 0 Å². The molecule has 0 N–H and O–H groups in total. The van der Waals surface area contributed by atoms with Crippen molar-refractivity contribution in [3.05, 3.63) is 68.1 Å². The summed E-state index contributed by atoms with van der Waals surface area (Å²) in [7, 11) is 1.33. The fraction of sp³-hybridized carbons (Fsp3) is 0.0588. The Morgan fingerprint density at radius 1 is 1.23 bits per heavy atom. The normalized spacial score (nSPS) is 15.6. The number of carbonyl (C=O) groups is 2. The molecule has 2 amide bonds. The Kier molecular flexibility index (Phi) is 4.97. The number of thioether (sulfide) groups is 1. The van der Waals surface area contributed by atoms with Gasteiger partial charge in [0.25, 0.3) is 11.1 Å². The highest BCUT2D eigenvalue weighted by atomic mass is 35.5. The molecule has 3 rings (SSSR count). The predicted octanol–water partition coefficient (Wildman–Crippen LogP) is 4.50. The van der Waals surface area contributed by atoms with Crippen molar-refractivity contribution in [2.45, 2.75) is 0 Å². The van der Waals surface area contributed by atoms with E-state index in [0.29, 0.717) is 16.3 Å². The second-order valence-electron chi connectivity index (χ2n) is 5.19. The van der Waals surface area contributed by atoms with Crippen LogP contribution in [0.15, 0.2) is 47.4 Å². The van der Waals surface area contributed by atoms with Crippen LogP contribution in [0.1, 0.15) is 5.56 Å². The summed E-state index contributed by atoms with van der Waals surface area (Å²) in [6.07, 6.45) is 1.43.